The van der Waals surface area contributed by atoms with Gasteiger partial charge in [0.05, 0.1) is 50.8 Å². The van der Waals surface area contributed by atoms with Gasteiger partial charge in [-0.3, -0.25) is 9.80 Å². The molecule has 596 valence electrons. The number of ether oxygens (including phenoxy) is 8. The van der Waals surface area contributed by atoms with E-state index in [0.29, 0.717) is 127 Å². The minimum atomic E-state index is -2.72. The lowest BCUT2D eigenvalue weighted by molar-refractivity contribution is -0.0709. The maximum absolute atomic E-state index is 13.0. The first-order valence-electron chi connectivity index (χ1n) is 39.5. The van der Waals surface area contributed by atoms with Crippen molar-refractivity contribution in [2.45, 2.75) is 246 Å². The van der Waals surface area contributed by atoms with Gasteiger partial charge in [-0.25, -0.2) is 19.2 Å². The first-order valence-corrected chi connectivity index (χ1v) is 43.3. The lowest BCUT2D eigenvalue weighted by atomic mass is 9.60. The van der Waals surface area contributed by atoms with Crippen molar-refractivity contribution in [2.24, 2.45) is 34.5 Å². The Hall–Kier alpha value is -3.05. The molecular formula is C74H144N8O18Si2. The zero-order valence-corrected chi connectivity index (χ0v) is 68.3. The van der Waals surface area contributed by atoms with E-state index in [9.17, 15) is 19.2 Å². The molecule has 1 aliphatic heterocycles. The molecule has 4 unspecified atom stereocenters. The van der Waals surface area contributed by atoms with E-state index in [0.717, 1.165) is 155 Å². The summed E-state index contributed by atoms with van der Waals surface area (Å²) < 4.78 is 83.6. The molecule has 0 aromatic rings. The molecule has 28 heteroatoms. The number of hydrogen-bond acceptors (Lipinski definition) is 22. The summed E-state index contributed by atoms with van der Waals surface area (Å²) in [5, 5.41) is 11.5. The Morgan fingerprint density at radius 2 is 0.627 bits per heavy atom. The van der Waals surface area contributed by atoms with Crippen LogP contribution in [-0.4, -0.2) is 284 Å². The molecule has 0 radical (unpaired) electrons. The summed E-state index contributed by atoms with van der Waals surface area (Å²) >= 11 is 0. The number of carbonyl (C=O) groups excluding carboxylic acids is 4. The van der Waals surface area contributed by atoms with E-state index in [1.54, 1.807) is 42.7 Å². The van der Waals surface area contributed by atoms with E-state index in [2.05, 4.69) is 96.3 Å². The smallest absolute Gasteiger partial charge is 0.442 e. The summed E-state index contributed by atoms with van der Waals surface area (Å²) in [6.45, 7) is 34.3. The number of hydrogen-bond donors (Lipinski definition) is 4. The Labute approximate surface area is 617 Å². The Balaban J connectivity index is 1.01. The number of likely N-dealkylation sites (N-methyl/N-ethyl adjacent to an activating group) is 2. The van der Waals surface area contributed by atoms with E-state index >= 15 is 0 Å². The van der Waals surface area contributed by atoms with Crippen LogP contribution in [0, 0.1) is 34.5 Å². The molecule has 4 N–H and O–H groups in total. The molecule has 5 rings (SSSR count). The van der Waals surface area contributed by atoms with Crippen molar-refractivity contribution in [3.63, 3.8) is 0 Å². The number of piperazine rings is 1. The average Bonchev–Trinajstić information content (AvgIpc) is 0.807. The molecule has 5 aliphatic rings. The summed E-state index contributed by atoms with van der Waals surface area (Å²) in [5.74, 6) is 2.36. The second-order valence-electron chi connectivity index (χ2n) is 30.3. The number of alkyl carbamates (subject to hydrolysis) is 4. The van der Waals surface area contributed by atoms with Crippen LogP contribution in [0.4, 0.5) is 19.2 Å². The lowest BCUT2D eigenvalue weighted by Gasteiger charge is -2.46. The van der Waals surface area contributed by atoms with Crippen LogP contribution in [0.2, 0.25) is 12.1 Å². The Bertz CT molecular complexity index is 2100. The standard InChI is InChI=1S/C74H144N8O18Si2/c1-17-75-69(83)97-67(55-95-63-37-29-59(30-38-63)73(7,8)57-25-33-61(34-26-57)93-53-65(49-79(19-3)20-4)99-71(85)77-41-23-47-101(87-11,88-12)89-13)51-81-43-45-82(46-44-81)52-68(98-70(84)76-18-2)56-96-64-39-31-60(32-40-64)74(9,10)58-27-35-62(36-28-58)94-54-66(50-80(21-5)22-6)100-72(86)78-42-24-48-102(90-14,91-15)92-16/h57-68H,17-56H2,1-16H3,(H,75,83)(H,76,84)(H,77,85)(H,78,86). The SMILES string of the molecule is CCNC(=O)OC(COC1CCC(C(C)(C)C2CCC(OCC(CN(CC)CC)OC(=O)NCCC[Si](OC)(OC)OC)CC2)CC1)CN1CCN(CC(COC2CCC(C(C)(C)C3CCC(OCC(CN(CC)CC)OC(=O)NCCC[Si](OC)(OC)OC)CC3)CC2)OC(=O)NCC)CC1. The normalized spacial score (nSPS) is 24.2. The molecule has 0 aromatic heterocycles. The molecule has 1 heterocycles. The molecule has 4 atom stereocenters. The molecule has 4 aliphatic carbocycles. The molecule has 1 saturated heterocycles. The average molecular weight is 1490 g/mol. The van der Waals surface area contributed by atoms with Crippen LogP contribution in [0.25, 0.3) is 0 Å². The van der Waals surface area contributed by atoms with Gasteiger partial charge >= 0.3 is 42.0 Å². The first kappa shape index (κ1) is 89.6. The van der Waals surface area contributed by atoms with Gasteiger partial charge in [0.15, 0.2) is 0 Å². The van der Waals surface area contributed by atoms with Crippen LogP contribution in [0.3, 0.4) is 0 Å². The maximum atomic E-state index is 13.0. The van der Waals surface area contributed by atoms with Crippen LogP contribution < -0.4 is 21.3 Å². The molecule has 0 spiro atoms. The third-order valence-corrected chi connectivity index (χ3v) is 29.2. The third-order valence-electron chi connectivity index (χ3n) is 23.5. The third kappa shape index (κ3) is 30.5. The quantitative estimate of drug-likeness (QED) is 0.0251. The number of carbonyl (C=O) groups is 4. The maximum Gasteiger partial charge on any atom is 0.500 e. The summed E-state index contributed by atoms with van der Waals surface area (Å²) in [6, 6.07) is 1.17. The van der Waals surface area contributed by atoms with Crippen LogP contribution in [0.5, 0.6) is 0 Å². The van der Waals surface area contributed by atoms with Crippen molar-refractivity contribution in [1.29, 1.82) is 0 Å². The number of rotatable bonds is 48. The van der Waals surface area contributed by atoms with Crippen molar-refractivity contribution >= 4 is 42.0 Å². The van der Waals surface area contributed by atoms with E-state index in [1.807, 2.05) is 13.8 Å². The van der Waals surface area contributed by atoms with Gasteiger partial charge in [-0.1, -0.05) is 55.4 Å². The summed E-state index contributed by atoms with van der Waals surface area (Å²) in [4.78, 5) is 61.1. The molecule has 102 heavy (non-hydrogen) atoms. The number of nitrogens with zero attached hydrogens (tertiary/aromatic N) is 4. The van der Waals surface area contributed by atoms with Gasteiger partial charge in [-0.2, -0.15) is 0 Å². The molecule has 4 saturated carbocycles. The predicted octanol–water partition coefficient (Wildman–Crippen LogP) is 10.6. The second kappa shape index (κ2) is 47.7. The van der Waals surface area contributed by atoms with E-state index in [-0.39, 0.29) is 47.5 Å². The Morgan fingerprint density at radius 1 is 0.382 bits per heavy atom. The van der Waals surface area contributed by atoms with Crippen molar-refractivity contribution in [2.75, 3.05) is 174 Å². The highest BCUT2D eigenvalue weighted by Gasteiger charge is 2.44. The molecule has 0 aromatic carbocycles. The van der Waals surface area contributed by atoms with Gasteiger partial charge in [0, 0.05) is 133 Å². The highest BCUT2D eigenvalue weighted by atomic mass is 28.4. The fourth-order valence-electron chi connectivity index (χ4n) is 16.5. The topological polar surface area (TPSA) is 259 Å². The highest BCUT2D eigenvalue weighted by molar-refractivity contribution is 6.60. The highest BCUT2D eigenvalue weighted by Crippen LogP contribution is 2.50. The minimum Gasteiger partial charge on any atom is -0.442 e. The van der Waals surface area contributed by atoms with Crippen LogP contribution >= 0.6 is 0 Å². The van der Waals surface area contributed by atoms with Crippen LogP contribution in [0.1, 0.15) is 185 Å². The van der Waals surface area contributed by atoms with Crippen LogP contribution in [-0.2, 0) is 64.5 Å². The first-order chi connectivity index (χ1) is 49.0. The van der Waals surface area contributed by atoms with Crippen molar-refractivity contribution in [1.82, 2.24) is 40.9 Å². The minimum absolute atomic E-state index is 0.109. The van der Waals surface area contributed by atoms with Gasteiger partial charge in [0.2, 0.25) is 0 Å². The molecule has 5 fully saturated rings. The fraction of sp³-hybridized carbons (Fsp3) is 0.946. The number of nitrogens with one attached hydrogen (secondary N) is 4. The van der Waals surface area contributed by atoms with E-state index in [1.165, 1.54) is 0 Å². The van der Waals surface area contributed by atoms with Gasteiger partial charge < -0.3 is 95.5 Å². The second-order valence-corrected chi connectivity index (χ2v) is 36.4. The van der Waals surface area contributed by atoms with Crippen molar-refractivity contribution in [3.05, 3.63) is 0 Å². The van der Waals surface area contributed by atoms with Crippen LogP contribution in [0.15, 0.2) is 0 Å². The fourth-order valence-corrected chi connectivity index (χ4v) is 19.9. The Morgan fingerprint density at radius 3 is 0.873 bits per heavy atom. The van der Waals surface area contributed by atoms with E-state index in [4.69, 9.17) is 64.5 Å². The largest absolute Gasteiger partial charge is 0.500 e. The molecule has 4 amide bonds. The van der Waals surface area contributed by atoms with Crippen molar-refractivity contribution in [3.8, 4) is 0 Å². The zero-order chi connectivity index (χ0) is 74.6. The van der Waals surface area contributed by atoms with Gasteiger partial charge in [0.25, 0.3) is 0 Å². The summed E-state index contributed by atoms with van der Waals surface area (Å²) in [7, 11) is 4.11. The number of amides is 4. The Kier molecular flexibility index (Phi) is 41.9. The summed E-state index contributed by atoms with van der Waals surface area (Å²) in [5.41, 5.74) is 0.340. The van der Waals surface area contributed by atoms with Crippen molar-refractivity contribution < 1.29 is 83.6 Å². The monoisotopic (exact) mass is 1490 g/mol. The lowest BCUT2D eigenvalue weighted by Crippen LogP contribution is -2.52. The van der Waals surface area contributed by atoms with Gasteiger partial charge in [-0.05, 0) is 190 Å². The van der Waals surface area contributed by atoms with Gasteiger partial charge in [-0.15, -0.1) is 0 Å². The predicted molar refractivity (Wildman–Crippen MR) is 400 cm³/mol. The molecule has 0 bridgehead atoms. The molecule has 26 nitrogen and oxygen atoms in total. The van der Waals surface area contributed by atoms with E-state index < -0.39 is 54.2 Å². The summed E-state index contributed by atoms with van der Waals surface area (Å²) in [6.07, 6.45) is 15.1. The molecular weight excluding hydrogens is 1350 g/mol. The van der Waals surface area contributed by atoms with Gasteiger partial charge in [0.1, 0.15) is 24.4 Å². The zero-order valence-electron chi connectivity index (χ0n) is 66.3.